The maximum Gasteiger partial charge on any atom is 0.410 e. The van der Waals surface area contributed by atoms with Crippen molar-refractivity contribution in [1.82, 2.24) is 73.7 Å². The predicted molar refractivity (Wildman–Crippen MR) is 393 cm³/mol. The number of benzene rings is 3. The topological polar surface area (TPSA) is 319 Å². The van der Waals surface area contributed by atoms with Gasteiger partial charge in [0.1, 0.15) is 47.9 Å². The Labute approximate surface area is 611 Å². The van der Waals surface area contributed by atoms with Crippen LogP contribution >= 0.6 is 83.1 Å². The van der Waals surface area contributed by atoms with E-state index in [-0.39, 0.29) is 12.0 Å². The number of anilines is 3. The van der Waals surface area contributed by atoms with Crippen molar-refractivity contribution < 1.29 is 33.6 Å². The summed E-state index contributed by atoms with van der Waals surface area (Å²) in [5.74, 6) is 5.51. The maximum absolute atomic E-state index is 12.4. The molecule has 25 nitrogen and oxygen atoms in total. The summed E-state index contributed by atoms with van der Waals surface area (Å²) >= 11 is 15.9. The van der Waals surface area contributed by atoms with Crippen LogP contribution in [-0.4, -0.2) is 156 Å². The molecule has 6 aliphatic rings. The Balaban J connectivity index is 0.000000134. The number of piperidine rings is 3. The molecule has 99 heavy (non-hydrogen) atoms. The molecule has 524 valence electrons. The van der Waals surface area contributed by atoms with Gasteiger partial charge in [0.25, 0.3) is 5.91 Å². The van der Waals surface area contributed by atoms with Crippen LogP contribution in [0.15, 0.2) is 99.0 Å². The van der Waals surface area contributed by atoms with Crippen LogP contribution in [0.2, 0.25) is 0 Å². The Morgan fingerprint density at radius 1 is 0.556 bits per heavy atom. The van der Waals surface area contributed by atoms with E-state index < -0.39 is 11.7 Å². The second-order valence-electron chi connectivity index (χ2n) is 26.6. The number of amides is 2. The number of ether oxygens (including phenoxy) is 4. The van der Waals surface area contributed by atoms with Crippen molar-refractivity contribution in [2.24, 2.45) is 17.8 Å². The lowest BCUT2D eigenvalue weighted by molar-refractivity contribution is -0.140. The third-order valence-corrected chi connectivity index (χ3v) is 24.6. The normalized spacial score (nSPS) is 16.7. The molecule has 0 radical (unpaired) electrons. The number of hydrogen-bond donors (Lipinski definition) is 5. The molecule has 3 saturated heterocycles. The van der Waals surface area contributed by atoms with Gasteiger partial charge in [0.2, 0.25) is 0 Å². The number of hydrogen-bond acceptors (Lipinski definition) is 23. The zero-order valence-corrected chi connectivity index (χ0v) is 62.9. The number of aromatic nitrogens is 12. The second kappa shape index (κ2) is 31.2. The quantitative estimate of drug-likeness (QED) is 0.0600. The average Bonchev–Trinajstić information content (AvgIpc) is 1.65. The minimum atomic E-state index is -0.942. The van der Waals surface area contributed by atoms with Crippen molar-refractivity contribution in [2.45, 2.75) is 166 Å². The van der Waals surface area contributed by atoms with E-state index in [2.05, 4.69) is 133 Å². The molecular formula is C68H81Br3N18O7S3. The number of carbonyl (C=O) groups is 2. The number of aliphatic hydroxyl groups is 1. The van der Waals surface area contributed by atoms with Gasteiger partial charge >= 0.3 is 6.09 Å². The molecule has 1 atom stereocenters. The summed E-state index contributed by atoms with van der Waals surface area (Å²) in [5.41, 5.74) is 25.7. The Kier molecular flexibility index (Phi) is 22.3. The van der Waals surface area contributed by atoms with Gasteiger partial charge in [-0.05, 0) is 217 Å². The van der Waals surface area contributed by atoms with Crippen LogP contribution in [0.1, 0.15) is 102 Å². The molecule has 0 bridgehead atoms. The molecule has 12 heterocycles. The van der Waals surface area contributed by atoms with E-state index in [4.69, 9.17) is 51.1 Å². The number of nitrogens with two attached hydrogens (primary N) is 3. The van der Waals surface area contributed by atoms with Gasteiger partial charge < -0.3 is 70.1 Å². The van der Waals surface area contributed by atoms with Crippen LogP contribution in [0.5, 0.6) is 17.2 Å². The monoisotopic (exact) mass is 1590 g/mol. The number of nitrogens with zero attached hydrogens (tertiary/aromatic N) is 14. The largest absolute Gasteiger partial charge is 0.493 e. The summed E-state index contributed by atoms with van der Waals surface area (Å²) in [4.78, 5) is 71.5. The van der Waals surface area contributed by atoms with Crippen molar-refractivity contribution in [2.75, 3.05) is 76.3 Å². The molecule has 0 spiro atoms. The van der Waals surface area contributed by atoms with Gasteiger partial charge in [-0.1, -0.05) is 35.3 Å². The fourth-order valence-corrected chi connectivity index (χ4v) is 18.0. The van der Waals surface area contributed by atoms with Crippen LogP contribution in [0.4, 0.5) is 22.2 Å². The molecule has 2 amide bonds. The lowest BCUT2D eigenvalue weighted by Gasteiger charge is -2.33. The van der Waals surface area contributed by atoms with E-state index in [9.17, 15) is 14.7 Å². The van der Waals surface area contributed by atoms with Crippen LogP contribution < -0.4 is 36.7 Å². The summed E-state index contributed by atoms with van der Waals surface area (Å²) in [7, 11) is 0. The molecule has 15 rings (SSSR count). The smallest absolute Gasteiger partial charge is 0.410 e. The van der Waals surface area contributed by atoms with E-state index in [0.717, 1.165) is 187 Å². The standard InChI is InChI=1S/C25H31BrN6O3S.C23H27BrN6O3S.C20H23BrN6OS/c1-25(2,3)35-24(33)31-8-4-15(5-9-31)6-10-32-22-20(21(27)28-14-29-22)30-23(32)36-19-13-18-16(7-11-34-18)12-17(19)26;1-13(31)22(32)29-6-2-14(3-7-29)4-8-30-21-19(20(25)26-12-27-21)28-23(30)34-18-11-17-15(5-9-33-17)10-16(18)24;21-14-9-13-4-8-28-15(13)10-16(14)29-20-26-17-18(22)24-11-25-19(17)27(20)7-3-12-1-5-23-6-2-12/h12-15H,4-11H2,1-3H3,(H2,27,28,29);10-14,31H,2-9H2,1H3,(H2,25,26,27);9-12,23H,1-8H2,(H2,22,24,25)/t;13-;/m.0./s1. The Morgan fingerprint density at radius 2 is 0.899 bits per heavy atom. The molecule has 6 aliphatic heterocycles. The number of rotatable bonds is 16. The lowest BCUT2D eigenvalue weighted by Crippen LogP contribution is -2.43. The van der Waals surface area contributed by atoms with Crippen LogP contribution in [0, 0.1) is 17.8 Å². The number of nitrogen functional groups attached to an aromatic ring is 3. The Morgan fingerprint density at radius 3 is 1.24 bits per heavy atom. The highest BCUT2D eigenvalue weighted by Crippen LogP contribution is 2.45. The number of halogens is 3. The highest BCUT2D eigenvalue weighted by molar-refractivity contribution is 9.11. The lowest BCUT2D eigenvalue weighted by atomic mass is 9.93. The first-order chi connectivity index (χ1) is 47.8. The summed E-state index contributed by atoms with van der Waals surface area (Å²) in [6.45, 7) is 16.7. The summed E-state index contributed by atoms with van der Waals surface area (Å²) < 4.78 is 32.4. The first kappa shape index (κ1) is 70.7. The van der Waals surface area contributed by atoms with Crippen LogP contribution in [-0.2, 0) is 48.4 Å². The van der Waals surface area contributed by atoms with Gasteiger partial charge in [0, 0.05) is 93.2 Å². The molecule has 3 fully saturated rings. The summed E-state index contributed by atoms with van der Waals surface area (Å²) in [6, 6.07) is 12.6. The van der Waals surface area contributed by atoms with E-state index in [1.807, 2.05) is 25.7 Å². The number of aryl methyl sites for hydroxylation is 3. The van der Waals surface area contributed by atoms with E-state index in [0.29, 0.717) is 85.2 Å². The molecule has 31 heteroatoms. The van der Waals surface area contributed by atoms with Crippen molar-refractivity contribution in [3.8, 4) is 17.2 Å². The van der Waals surface area contributed by atoms with Crippen LogP contribution in [0.25, 0.3) is 33.5 Å². The van der Waals surface area contributed by atoms with Gasteiger partial charge in [0.05, 0.1) is 19.8 Å². The maximum atomic E-state index is 12.4. The molecule has 0 saturated carbocycles. The Hall–Kier alpha value is -6.74. The van der Waals surface area contributed by atoms with Gasteiger partial charge in [-0.2, -0.15) is 0 Å². The fourth-order valence-electron chi connectivity index (χ4n) is 13.2. The number of carbonyl (C=O) groups excluding carboxylic acids is 2. The van der Waals surface area contributed by atoms with E-state index in [1.54, 1.807) is 40.2 Å². The van der Waals surface area contributed by atoms with Gasteiger partial charge in [-0.25, -0.2) is 49.7 Å². The van der Waals surface area contributed by atoms with Crippen molar-refractivity contribution in [1.29, 1.82) is 0 Å². The van der Waals surface area contributed by atoms with Crippen LogP contribution in [0.3, 0.4) is 0 Å². The summed E-state index contributed by atoms with van der Waals surface area (Å²) in [5, 5.41) is 15.5. The SMILES string of the molecule is CC(C)(C)OC(=O)N1CCC(CCn2c(Sc3cc4c(cc3Br)CCO4)nc3c(N)ncnc32)CC1.C[C@H](O)C(=O)N1CCC(CCn2c(Sc3cc4c(cc3Br)CCO4)nc3c(N)ncnc32)CC1.Nc1ncnc2c1nc(Sc1cc3c(cc1Br)CCO3)n2CCC1CCNCC1. The number of imidazole rings is 3. The van der Waals surface area contributed by atoms with Gasteiger partial charge in [-0.3, -0.25) is 4.79 Å². The minimum absolute atomic E-state index is 0.186. The first-order valence-corrected chi connectivity index (χ1v) is 38.5. The summed E-state index contributed by atoms with van der Waals surface area (Å²) in [6.07, 6.45) is 15.3. The van der Waals surface area contributed by atoms with Crippen molar-refractivity contribution in [3.05, 3.63) is 85.5 Å². The average molecular weight is 1600 g/mol. The molecule has 9 aromatic rings. The van der Waals surface area contributed by atoms with Crippen molar-refractivity contribution in [3.63, 3.8) is 0 Å². The van der Waals surface area contributed by atoms with E-state index >= 15 is 0 Å². The molecule has 3 aromatic carbocycles. The van der Waals surface area contributed by atoms with E-state index in [1.165, 1.54) is 55.4 Å². The predicted octanol–water partition coefficient (Wildman–Crippen LogP) is 12.2. The second-order valence-corrected chi connectivity index (χ2v) is 32.2. The fraction of sp³-hybridized carbons (Fsp3) is 0.485. The van der Waals surface area contributed by atoms with Crippen molar-refractivity contribution >= 4 is 146 Å². The molecule has 6 aromatic heterocycles. The molecule has 0 aliphatic carbocycles. The minimum Gasteiger partial charge on any atom is -0.493 e. The zero-order chi connectivity index (χ0) is 69.1. The molecular weight excluding hydrogens is 1520 g/mol. The molecule has 0 unspecified atom stereocenters. The number of fused-ring (bicyclic) bond motifs is 6. The number of aliphatic hydroxyl groups excluding tert-OH is 1. The first-order valence-electron chi connectivity index (χ1n) is 33.7. The van der Waals surface area contributed by atoms with Gasteiger partial charge in [-0.15, -0.1) is 0 Å². The highest BCUT2D eigenvalue weighted by atomic mass is 79.9. The highest BCUT2D eigenvalue weighted by Gasteiger charge is 2.31. The molecule has 8 N–H and O–H groups in total. The Bertz CT molecular complexity index is 4430. The third-order valence-electron chi connectivity index (χ3n) is 18.7. The zero-order valence-electron chi connectivity index (χ0n) is 55.7. The number of nitrogens with one attached hydrogen (secondary N) is 1. The third kappa shape index (κ3) is 16.6. The number of likely N-dealkylation sites (tertiary alicyclic amines) is 2. The van der Waals surface area contributed by atoms with Gasteiger partial charge in [0.15, 0.2) is 66.4 Å².